The van der Waals surface area contributed by atoms with Gasteiger partial charge in [0, 0.05) is 38.5 Å². The maximum Gasteiger partial charge on any atom is 0.320 e. The van der Waals surface area contributed by atoms with Crippen molar-refractivity contribution in [3.05, 3.63) is 0 Å². The Morgan fingerprint density at radius 1 is 1.25 bits per heavy atom. The summed E-state index contributed by atoms with van der Waals surface area (Å²) in [6, 6.07) is 0.142. The molecular formula is C12H20N2O2. The first kappa shape index (κ1) is 11.4. The molecule has 2 amide bonds. The zero-order chi connectivity index (χ0) is 11.5. The molecule has 90 valence electrons. The topological polar surface area (TPSA) is 40.6 Å². The molecule has 1 atom stereocenters. The van der Waals surface area contributed by atoms with E-state index in [0.29, 0.717) is 25.3 Å². The maximum atomic E-state index is 12.1. The third-order valence-electron chi connectivity index (χ3n) is 3.66. The number of nitrogens with zero attached hydrogens (tertiary/aromatic N) is 2. The smallest absolute Gasteiger partial charge is 0.320 e. The van der Waals surface area contributed by atoms with E-state index in [2.05, 4.69) is 0 Å². The van der Waals surface area contributed by atoms with Gasteiger partial charge in [0.25, 0.3) is 0 Å². The molecule has 2 rings (SSSR count). The van der Waals surface area contributed by atoms with Gasteiger partial charge in [0.15, 0.2) is 0 Å². The van der Waals surface area contributed by atoms with Crippen molar-refractivity contribution in [2.45, 2.75) is 32.6 Å². The van der Waals surface area contributed by atoms with Crippen LogP contribution < -0.4 is 0 Å². The van der Waals surface area contributed by atoms with Gasteiger partial charge in [0.05, 0.1) is 0 Å². The van der Waals surface area contributed by atoms with Gasteiger partial charge in [-0.15, -0.1) is 0 Å². The lowest BCUT2D eigenvalue weighted by molar-refractivity contribution is -0.125. The second-order valence-corrected chi connectivity index (χ2v) is 4.74. The molecule has 1 unspecified atom stereocenters. The summed E-state index contributed by atoms with van der Waals surface area (Å²) in [5, 5.41) is 0. The molecule has 0 N–H and O–H groups in total. The highest BCUT2D eigenvalue weighted by atomic mass is 16.2. The van der Waals surface area contributed by atoms with Crippen molar-refractivity contribution in [3.8, 4) is 0 Å². The number of amides is 2. The Morgan fingerprint density at radius 3 is 2.56 bits per heavy atom. The van der Waals surface area contributed by atoms with Crippen LogP contribution in [0.25, 0.3) is 0 Å². The predicted octanol–water partition coefficient (Wildman–Crippen LogP) is 1.50. The summed E-state index contributed by atoms with van der Waals surface area (Å²) < 4.78 is 0. The molecule has 0 spiro atoms. The van der Waals surface area contributed by atoms with Crippen LogP contribution in [0, 0.1) is 5.92 Å². The van der Waals surface area contributed by atoms with Crippen molar-refractivity contribution in [2.24, 2.45) is 5.92 Å². The molecule has 0 saturated carbocycles. The van der Waals surface area contributed by atoms with E-state index < -0.39 is 0 Å². The standard InChI is InChI=1S/C12H20N2O2/c1-2-10-9-14(8-5-11(10)15)12(16)13-6-3-4-7-13/h10H,2-9H2,1H3. The summed E-state index contributed by atoms with van der Waals surface area (Å²) in [6.45, 7) is 5.04. The van der Waals surface area contributed by atoms with Crippen LogP contribution >= 0.6 is 0 Å². The summed E-state index contributed by atoms with van der Waals surface area (Å²) in [6.07, 6.45) is 3.63. The summed E-state index contributed by atoms with van der Waals surface area (Å²) in [5.74, 6) is 0.397. The van der Waals surface area contributed by atoms with E-state index in [-0.39, 0.29) is 11.9 Å². The van der Waals surface area contributed by atoms with Crippen LogP contribution in [0.3, 0.4) is 0 Å². The number of carbonyl (C=O) groups is 2. The molecule has 2 heterocycles. The van der Waals surface area contributed by atoms with Gasteiger partial charge in [0.2, 0.25) is 0 Å². The molecule has 2 aliphatic rings. The third kappa shape index (κ3) is 2.20. The highest BCUT2D eigenvalue weighted by Crippen LogP contribution is 2.19. The fourth-order valence-corrected chi connectivity index (χ4v) is 2.55. The first-order chi connectivity index (χ1) is 7.72. The van der Waals surface area contributed by atoms with Gasteiger partial charge in [-0.2, -0.15) is 0 Å². The monoisotopic (exact) mass is 224 g/mol. The average molecular weight is 224 g/mol. The van der Waals surface area contributed by atoms with Crippen molar-refractivity contribution in [1.82, 2.24) is 9.80 Å². The Morgan fingerprint density at radius 2 is 1.94 bits per heavy atom. The van der Waals surface area contributed by atoms with Crippen LogP contribution in [0.1, 0.15) is 32.6 Å². The van der Waals surface area contributed by atoms with Crippen LogP contribution in [0.15, 0.2) is 0 Å². The lowest BCUT2D eigenvalue weighted by Gasteiger charge is -2.34. The van der Waals surface area contributed by atoms with E-state index in [1.165, 1.54) is 0 Å². The van der Waals surface area contributed by atoms with Crippen molar-refractivity contribution < 1.29 is 9.59 Å². The van der Waals surface area contributed by atoms with Gasteiger partial charge in [-0.1, -0.05) is 6.92 Å². The Hall–Kier alpha value is -1.06. The summed E-state index contributed by atoms with van der Waals surface area (Å²) >= 11 is 0. The number of rotatable bonds is 1. The molecule has 0 radical (unpaired) electrons. The van der Waals surface area contributed by atoms with Gasteiger partial charge >= 0.3 is 6.03 Å². The molecule has 0 aliphatic carbocycles. The number of hydrogen-bond donors (Lipinski definition) is 0. The fraction of sp³-hybridized carbons (Fsp3) is 0.833. The summed E-state index contributed by atoms with van der Waals surface area (Å²) in [5.41, 5.74) is 0. The molecule has 0 aromatic heterocycles. The lowest BCUT2D eigenvalue weighted by Crippen LogP contribution is -2.49. The fourth-order valence-electron chi connectivity index (χ4n) is 2.55. The maximum absolute atomic E-state index is 12.1. The Labute approximate surface area is 96.6 Å². The lowest BCUT2D eigenvalue weighted by atomic mass is 9.94. The number of likely N-dealkylation sites (tertiary alicyclic amines) is 2. The minimum Gasteiger partial charge on any atom is -0.325 e. The quantitative estimate of drug-likeness (QED) is 0.677. The normalized spacial score (nSPS) is 26.3. The first-order valence-corrected chi connectivity index (χ1v) is 6.29. The van der Waals surface area contributed by atoms with Crippen LogP contribution in [0.4, 0.5) is 4.79 Å². The number of carbonyl (C=O) groups excluding carboxylic acids is 2. The number of ketones is 1. The second kappa shape index (κ2) is 4.85. The van der Waals surface area contributed by atoms with Gasteiger partial charge in [-0.3, -0.25) is 4.79 Å². The number of hydrogen-bond acceptors (Lipinski definition) is 2. The molecular weight excluding hydrogens is 204 g/mol. The molecule has 2 fully saturated rings. The van der Waals surface area contributed by atoms with Crippen LogP contribution in [0.2, 0.25) is 0 Å². The van der Waals surface area contributed by atoms with Gasteiger partial charge in [-0.25, -0.2) is 4.79 Å². The van der Waals surface area contributed by atoms with E-state index in [0.717, 1.165) is 32.4 Å². The van der Waals surface area contributed by atoms with E-state index in [1.54, 1.807) is 0 Å². The van der Waals surface area contributed by atoms with Crippen molar-refractivity contribution >= 4 is 11.8 Å². The Kier molecular flexibility index (Phi) is 3.46. The largest absolute Gasteiger partial charge is 0.325 e. The second-order valence-electron chi connectivity index (χ2n) is 4.74. The molecule has 4 heteroatoms. The minimum atomic E-state index is 0.0697. The van der Waals surface area contributed by atoms with E-state index in [9.17, 15) is 9.59 Å². The van der Waals surface area contributed by atoms with Crippen molar-refractivity contribution in [2.75, 3.05) is 26.2 Å². The first-order valence-electron chi connectivity index (χ1n) is 6.29. The number of Topliss-reactive ketones (excluding diaryl/α,β-unsaturated/α-hetero) is 1. The highest BCUT2D eigenvalue weighted by molar-refractivity contribution is 5.84. The average Bonchev–Trinajstić information content (AvgIpc) is 2.82. The Balaban J connectivity index is 1.94. The van der Waals surface area contributed by atoms with Crippen molar-refractivity contribution in [1.29, 1.82) is 0 Å². The molecule has 0 aromatic carbocycles. The van der Waals surface area contributed by atoms with E-state index in [1.807, 2.05) is 16.7 Å². The highest BCUT2D eigenvalue weighted by Gasteiger charge is 2.31. The van der Waals surface area contributed by atoms with Gasteiger partial charge in [-0.05, 0) is 19.3 Å². The molecule has 4 nitrogen and oxygen atoms in total. The van der Waals surface area contributed by atoms with E-state index >= 15 is 0 Å². The van der Waals surface area contributed by atoms with Gasteiger partial charge in [0.1, 0.15) is 5.78 Å². The summed E-state index contributed by atoms with van der Waals surface area (Å²) in [4.78, 5) is 27.5. The molecule has 0 aromatic rings. The predicted molar refractivity (Wildman–Crippen MR) is 61.2 cm³/mol. The molecule has 2 aliphatic heterocycles. The third-order valence-corrected chi connectivity index (χ3v) is 3.66. The molecule has 16 heavy (non-hydrogen) atoms. The van der Waals surface area contributed by atoms with Crippen molar-refractivity contribution in [3.63, 3.8) is 0 Å². The van der Waals surface area contributed by atoms with Crippen LogP contribution in [-0.4, -0.2) is 47.8 Å². The van der Waals surface area contributed by atoms with Crippen LogP contribution in [-0.2, 0) is 4.79 Å². The Bertz CT molecular complexity index is 285. The zero-order valence-corrected chi connectivity index (χ0v) is 9.95. The summed E-state index contributed by atoms with van der Waals surface area (Å²) in [7, 11) is 0. The minimum absolute atomic E-state index is 0.0697. The van der Waals surface area contributed by atoms with Crippen LogP contribution in [0.5, 0.6) is 0 Å². The SMILES string of the molecule is CCC1CN(C(=O)N2CCCC2)CCC1=O. The molecule has 2 saturated heterocycles. The van der Waals surface area contributed by atoms with Gasteiger partial charge < -0.3 is 9.80 Å². The molecule has 0 bridgehead atoms. The number of piperidine rings is 1. The van der Waals surface area contributed by atoms with E-state index in [4.69, 9.17) is 0 Å². The zero-order valence-electron chi connectivity index (χ0n) is 9.95. The number of urea groups is 1.